The summed E-state index contributed by atoms with van der Waals surface area (Å²) in [5.41, 5.74) is 1.17. The number of aromatic hydroxyl groups is 1. The van der Waals surface area contributed by atoms with Gasteiger partial charge in [0.15, 0.2) is 0 Å². The zero-order valence-electron chi connectivity index (χ0n) is 6.55. The summed E-state index contributed by atoms with van der Waals surface area (Å²) in [6.45, 7) is 1.99. The Balaban J connectivity index is 0.000000261. The molecule has 0 atom stereocenters. The number of rotatable bonds is 0. The molecular formula is C7H11O4P. The highest BCUT2D eigenvalue weighted by Crippen LogP contribution is 2.11. The predicted molar refractivity (Wildman–Crippen MR) is 46.4 cm³/mol. The zero-order valence-corrected chi connectivity index (χ0v) is 7.44. The smallest absolute Gasteiger partial charge is 0.324 e. The number of phenols is 1. The Labute approximate surface area is 71.7 Å². The topological polar surface area (TPSA) is 80.9 Å². The Morgan fingerprint density at radius 2 is 1.33 bits per heavy atom. The molecule has 0 saturated carbocycles. The van der Waals surface area contributed by atoms with Gasteiger partial charge in [-0.2, -0.15) is 0 Å². The first-order chi connectivity index (χ1) is 5.52. The van der Waals surface area contributed by atoms with Gasteiger partial charge in [-0.15, -0.1) is 0 Å². The minimum absolute atomic E-state index is 0.329. The van der Waals surface area contributed by atoms with Crippen LogP contribution in [-0.4, -0.2) is 19.8 Å². The van der Waals surface area contributed by atoms with Gasteiger partial charge in [0.25, 0.3) is 0 Å². The van der Waals surface area contributed by atoms with Crippen molar-refractivity contribution in [1.29, 1.82) is 0 Å². The van der Waals surface area contributed by atoms with Gasteiger partial charge in [0, 0.05) is 0 Å². The van der Waals surface area contributed by atoms with Gasteiger partial charge in [0.1, 0.15) is 5.75 Å². The van der Waals surface area contributed by atoms with Gasteiger partial charge in [-0.1, -0.05) is 17.7 Å². The predicted octanol–water partition coefficient (Wildman–Crippen LogP) is 0.891. The van der Waals surface area contributed by atoms with E-state index in [2.05, 4.69) is 0 Å². The third-order valence-corrected chi connectivity index (χ3v) is 1.03. The second-order valence-electron chi connectivity index (χ2n) is 2.10. The van der Waals surface area contributed by atoms with Crippen molar-refractivity contribution in [2.75, 3.05) is 0 Å². The highest BCUT2D eigenvalue weighted by Gasteiger charge is 1.82. The molecule has 68 valence electrons. The molecular weight excluding hydrogens is 179 g/mol. The monoisotopic (exact) mass is 190 g/mol. The van der Waals surface area contributed by atoms with Crippen LogP contribution in [0.4, 0.5) is 0 Å². The van der Waals surface area contributed by atoms with Crippen LogP contribution in [0.1, 0.15) is 5.56 Å². The molecule has 0 saturated heterocycles. The number of benzene rings is 1. The molecule has 0 spiro atoms. The van der Waals surface area contributed by atoms with E-state index in [1.165, 1.54) is 5.56 Å². The Kier molecular flexibility index (Phi) is 5.58. The summed E-state index contributed by atoms with van der Waals surface area (Å²) in [6, 6.07) is 7.09. The molecule has 0 aliphatic heterocycles. The fraction of sp³-hybridized carbons (Fsp3) is 0.143. The van der Waals surface area contributed by atoms with Gasteiger partial charge in [-0.25, -0.2) is 0 Å². The van der Waals surface area contributed by atoms with E-state index >= 15 is 0 Å². The van der Waals surface area contributed by atoms with Crippen molar-refractivity contribution in [3.05, 3.63) is 29.8 Å². The van der Waals surface area contributed by atoms with Crippen LogP contribution in [0.3, 0.4) is 0 Å². The van der Waals surface area contributed by atoms with Crippen molar-refractivity contribution in [2.24, 2.45) is 0 Å². The summed E-state index contributed by atoms with van der Waals surface area (Å²) < 4.78 is 0. The molecule has 1 aromatic rings. The largest absolute Gasteiger partial charge is 0.508 e. The average Bonchev–Trinajstić information content (AvgIpc) is 1.94. The molecule has 1 aromatic carbocycles. The Morgan fingerprint density at radius 1 is 1.00 bits per heavy atom. The molecule has 4 N–H and O–H groups in total. The van der Waals surface area contributed by atoms with Crippen molar-refractivity contribution in [1.82, 2.24) is 0 Å². The lowest BCUT2D eigenvalue weighted by molar-refractivity contribution is 0.368. The molecule has 1 rings (SSSR count). The van der Waals surface area contributed by atoms with Crippen molar-refractivity contribution >= 4 is 8.60 Å². The van der Waals surface area contributed by atoms with Crippen LogP contribution >= 0.6 is 8.60 Å². The van der Waals surface area contributed by atoms with Crippen LogP contribution in [0.25, 0.3) is 0 Å². The maximum atomic E-state index is 8.76. The van der Waals surface area contributed by atoms with E-state index in [-0.39, 0.29) is 0 Å². The second-order valence-corrected chi connectivity index (χ2v) is 2.64. The number of hydrogen-bond acceptors (Lipinski definition) is 4. The summed E-state index contributed by atoms with van der Waals surface area (Å²) in [4.78, 5) is 21.7. The van der Waals surface area contributed by atoms with Gasteiger partial charge in [-0.05, 0) is 19.1 Å². The SMILES string of the molecule is Cc1ccc(O)cc1.OP(O)O. The third kappa shape index (κ3) is 7.44. The van der Waals surface area contributed by atoms with Crippen molar-refractivity contribution in [3.8, 4) is 5.75 Å². The van der Waals surface area contributed by atoms with E-state index in [0.29, 0.717) is 5.75 Å². The van der Waals surface area contributed by atoms with Gasteiger partial charge in [-0.3, -0.25) is 0 Å². The standard InChI is InChI=1S/C7H8O.H3O3P/c1-6-2-4-7(8)5-3-6;1-4(2)3/h2-5,8H,1H3;1-3H. The van der Waals surface area contributed by atoms with E-state index in [9.17, 15) is 0 Å². The van der Waals surface area contributed by atoms with Crippen LogP contribution in [0, 0.1) is 6.92 Å². The summed E-state index contributed by atoms with van der Waals surface area (Å²) in [7, 11) is -2.62. The fourth-order valence-electron chi connectivity index (χ4n) is 0.545. The lowest BCUT2D eigenvalue weighted by Gasteiger charge is -1.89. The van der Waals surface area contributed by atoms with Gasteiger partial charge < -0.3 is 19.8 Å². The maximum absolute atomic E-state index is 8.76. The molecule has 0 radical (unpaired) electrons. The number of aryl methyl sites for hydroxylation is 1. The molecule has 0 amide bonds. The highest BCUT2D eigenvalue weighted by molar-refractivity contribution is 7.38. The van der Waals surface area contributed by atoms with Crippen molar-refractivity contribution < 1.29 is 19.8 Å². The van der Waals surface area contributed by atoms with Gasteiger partial charge >= 0.3 is 8.60 Å². The summed E-state index contributed by atoms with van der Waals surface area (Å²) >= 11 is 0. The average molecular weight is 190 g/mol. The molecule has 0 fully saturated rings. The van der Waals surface area contributed by atoms with Crippen LogP contribution in [0.15, 0.2) is 24.3 Å². The first-order valence-electron chi connectivity index (χ1n) is 3.14. The molecule has 4 nitrogen and oxygen atoms in total. The fourth-order valence-corrected chi connectivity index (χ4v) is 0.545. The molecule has 0 aromatic heterocycles. The van der Waals surface area contributed by atoms with E-state index in [4.69, 9.17) is 19.8 Å². The van der Waals surface area contributed by atoms with E-state index in [1.807, 2.05) is 19.1 Å². The molecule has 0 heterocycles. The first kappa shape index (κ1) is 11.3. The second kappa shape index (κ2) is 5.91. The summed E-state index contributed by atoms with van der Waals surface area (Å²) in [5, 5.41) is 8.76. The molecule has 0 unspecified atom stereocenters. The van der Waals surface area contributed by atoms with Gasteiger partial charge in [0.05, 0.1) is 0 Å². The Hall–Kier alpha value is -0.670. The van der Waals surface area contributed by atoms with Crippen LogP contribution < -0.4 is 0 Å². The Morgan fingerprint density at radius 3 is 1.58 bits per heavy atom. The van der Waals surface area contributed by atoms with Crippen LogP contribution in [0.5, 0.6) is 5.75 Å². The zero-order chi connectivity index (χ0) is 9.56. The summed E-state index contributed by atoms with van der Waals surface area (Å²) in [6.07, 6.45) is 0. The van der Waals surface area contributed by atoms with E-state index in [1.54, 1.807) is 12.1 Å². The maximum Gasteiger partial charge on any atom is 0.324 e. The first-order valence-corrected chi connectivity index (χ1v) is 4.34. The lowest BCUT2D eigenvalue weighted by Crippen LogP contribution is -1.66. The number of hydrogen-bond donors (Lipinski definition) is 4. The Bertz CT molecular complexity index is 185. The van der Waals surface area contributed by atoms with Crippen LogP contribution in [0.2, 0.25) is 0 Å². The minimum Gasteiger partial charge on any atom is -0.508 e. The van der Waals surface area contributed by atoms with Crippen molar-refractivity contribution in [2.45, 2.75) is 6.92 Å². The van der Waals surface area contributed by atoms with Gasteiger partial charge in [0.2, 0.25) is 0 Å². The summed E-state index contributed by atoms with van der Waals surface area (Å²) in [5.74, 6) is 0.329. The van der Waals surface area contributed by atoms with Crippen LogP contribution in [-0.2, 0) is 0 Å². The molecule has 0 aliphatic carbocycles. The number of phenolic OH excluding ortho intramolecular Hbond substituents is 1. The van der Waals surface area contributed by atoms with Crippen molar-refractivity contribution in [3.63, 3.8) is 0 Å². The molecule has 0 bridgehead atoms. The normalized spacial score (nSPS) is 9.08. The van der Waals surface area contributed by atoms with E-state index in [0.717, 1.165) is 0 Å². The minimum atomic E-state index is -2.62. The lowest BCUT2D eigenvalue weighted by atomic mass is 10.2. The highest BCUT2D eigenvalue weighted by atomic mass is 31.2. The molecule has 0 aliphatic rings. The quantitative estimate of drug-likeness (QED) is 0.458. The van der Waals surface area contributed by atoms with E-state index < -0.39 is 8.60 Å². The molecule has 5 heteroatoms. The molecule has 12 heavy (non-hydrogen) atoms. The third-order valence-electron chi connectivity index (χ3n) is 1.03.